The number of aryl methyl sites for hydroxylation is 1. The molecule has 0 amide bonds. The molecule has 0 bridgehead atoms. The fraction of sp³-hybridized carbons (Fsp3) is 0.149. The molecule has 10 rings (SSSR count). The normalized spacial score (nSPS) is 15.2. The molecule has 2 aliphatic carbocycles. The van der Waals surface area contributed by atoms with Gasteiger partial charge in [-0.2, -0.15) is 0 Å². The third-order valence-electron chi connectivity index (χ3n) is 11.7. The zero-order chi connectivity index (χ0) is 32.7. The number of hydrogen-bond donors (Lipinski definition) is 0. The summed E-state index contributed by atoms with van der Waals surface area (Å²) >= 11 is 4.00. The minimum absolute atomic E-state index is 0.208. The highest BCUT2D eigenvalue weighted by Gasteiger charge is 2.44. The Balaban J connectivity index is 1.43. The van der Waals surface area contributed by atoms with Gasteiger partial charge in [0.15, 0.2) is 0 Å². The summed E-state index contributed by atoms with van der Waals surface area (Å²) in [7, 11) is 0. The van der Waals surface area contributed by atoms with Crippen LogP contribution < -0.4 is 0 Å². The molecule has 0 unspecified atom stereocenters. The third kappa shape index (κ3) is 3.55. The summed E-state index contributed by atoms with van der Waals surface area (Å²) in [6.45, 7) is 12.1. The molecule has 8 aromatic carbocycles. The van der Waals surface area contributed by atoms with Crippen LogP contribution in [0.25, 0.3) is 76.5 Å². The predicted molar refractivity (Wildman–Crippen MR) is 209 cm³/mol. The Morgan fingerprint density at radius 3 is 1.42 bits per heavy atom. The van der Waals surface area contributed by atoms with Crippen LogP contribution in [0, 0.1) is 6.92 Å². The van der Waals surface area contributed by atoms with E-state index in [1.54, 1.807) is 0 Å². The first-order chi connectivity index (χ1) is 23.1. The van der Waals surface area contributed by atoms with Crippen LogP contribution >= 0.6 is 15.9 Å². The lowest BCUT2D eigenvalue weighted by atomic mass is 9.59. The van der Waals surface area contributed by atoms with E-state index in [1.807, 2.05) is 0 Å². The second-order valence-electron chi connectivity index (χ2n) is 15.1. The minimum Gasteiger partial charge on any atom is -0.0616 e. The average molecular weight is 680 g/mol. The van der Waals surface area contributed by atoms with Crippen LogP contribution in [-0.2, 0) is 10.8 Å². The van der Waals surface area contributed by atoms with Crippen molar-refractivity contribution in [2.24, 2.45) is 0 Å². The molecule has 230 valence electrons. The van der Waals surface area contributed by atoms with Gasteiger partial charge in [0.05, 0.1) is 0 Å². The first-order valence-corrected chi connectivity index (χ1v) is 17.8. The largest absolute Gasteiger partial charge is 0.0616 e. The molecule has 0 radical (unpaired) electrons. The number of halogens is 1. The molecule has 2 aliphatic rings. The second-order valence-corrected chi connectivity index (χ2v) is 16.0. The summed E-state index contributed by atoms with van der Waals surface area (Å²) in [6, 6.07) is 46.0. The van der Waals surface area contributed by atoms with Gasteiger partial charge in [0.25, 0.3) is 0 Å². The van der Waals surface area contributed by atoms with Crippen molar-refractivity contribution in [2.75, 3.05) is 0 Å². The van der Waals surface area contributed by atoms with Gasteiger partial charge in [-0.05, 0) is 130 Å². The standard InChI is InChI=1S/C47H35Br/c1-26-20-36-34(32-18-10-14-27-12-6-8-16-30(27)32)24-41-44-42(36)38(21-26)46(2,3)40-25-35(33-19-11-15-28-13-7-9-17-31(28)33)37-22-29(48)23-39(47(41,4)5)43(37)45(40)44/h6-25H,1-5H3. The highest BCUT2D eigenvalue weighted by Crippen LogP contribution is 2.61. The summed E-state index contributed by atoms with van der Waals surface area (Å²) in [5, 5.41) is 10.7. The van der Waals surface area contributed by atoms with E-state index in [9.17, 15) is 0 Å². The molecule has 0 nitrogen and oxygen atoms in total. The Morgan fingerprint density at radius 2 is 0.875 bits per heavy atom. The Kier molecular flexibility index (Phi) is 5.58. The van der Waals surface area contributed by atoms with Crippen molar-refractivity contribution in [3.8, 4) is 33.4 Å². The molecule has 8 aromatic rings. The summed E-state index contributed by atoms with van der Waals surface area (Å²) in [5.74, 6) is 0. The lowest BCUT2D eigenvalue weighted by molar-refractivity contribution is 0.627. The molecule has 0 fully saturated rings. The molecule has 0 saturated carbocycles. The molecular formula is C47H35Br. The molecule has 1 heteroatoms. The average Bonchev–Trinajstić information content (AvgIpc) is 3.08. The van der Waals surface area contributed by atoms with E-state index < -0.39 is 0 Å². The van der Waals surface area contributed by atoms with E-state index in [0.29, 0.717) is 0 Å². The van der Waals surface area contributed by atoms with Crippen LogP contribution in [0.1, 0.15) is 55.5 Å². The molecule has 48 heavy (non-hydrogen) atoms. The zero-order valence-electron chi connectivity index (χ0n) is 27.9. The molecule has 0 aromatic heterocycles. The monoisotopic (exact) mass is 678 g/mol. The molecule has 0 heterocycles. The van der Waals surface area contributed by atoms with Crippen molar-refractivity contribution in [1.82, 2.24) is 0 Å². The highest BCUT2D eigenvalue weighted by atomic mass is 79.9. The molecule has 0 N–H and O–H groups in total. The number of fused-ring (bicyclic) bond motifs is 2. The number of rotatable bonds is 2. The van der Waals surface area contributed by atoms with Gasteiger partial charge in [0.2, 0.25) is 0 Å². The van der Waals surface area contributed by atoms with E-state index in [2.05, 4.69) is 172 Å². The van der Waals surface area contributed by atoms with E-state index in [4.69, 9.17) is 0 Å². The highest BCUT2D eigenvalue weighted by molar-refractivity contribution is 9.10. The van der Waals surface area contributed by atoms with E-state index >= 15 is 0 Å². The van der Waals surface area contributed by atoms with Crippen LogP contribution in [0.15, 0.2) is 126 Å². The van der Waals surface area contributed by atoms with Gasteiger partial charge in [0.1, 0.15) is 0 Å². The van der Waals surface area contributed by atoms with Gasteiger partial charge in [-0.15, -0.1) is 0 Å². The Bertz CT molecular complexity index is 2540. The zero-order valence-corrected chi connectivity index (χ0v) is 29.5. The molecule has 0 saturated heterocycles. The number of benzene rings is 8. The van der Waals surface area contributed by atoms with Crippen molar-refractivity contribution in [2.45, 2.75) is 45.4 Å². The molecule has 0 aliphatic heterocycles. The lowest BCUT2D eigenvalue weighted by Crippen LogP contribution is -2.30. The van der Waals surface area contributed by atoms with Gasteiger partial charge in [-0.1, -0.05) is 146 Å². The third-order valence-corrected chi connectivity index (χ3v) is 12.1. The topological polar surface area (TPSA) is 0 Å². The van der Waals surface area contributed by atoms with Crippen LogP contribution in [0.3, 0.4) is 0 Å². The molecular weight excluding hydrogens is 644 g/mol. The Labute approximate surface area is 290 Å². The van der Waals surface area contributed by atoms with Crippen molar-refractivity contribution in [3.63, 3.8) is 0 Å². The maximum Gasteiger partial charge on any atom is 0.0184 e. The smallest absolute Gasteiger partial charge is 0.0184 e. The minimum atomic E-state index is -0.226. The maximum absolute atomic E-state index is 4.00. The van der Waals surface area contributed by atoms with Crippen molar-refractivity contribution in [3.05, 3.63) is 154 Å². The summed E-state index contributed by atoms with van der Waals surface area (Å²) in [5.41, 5.74) is 14.7. The van der Waals surface area contributed by atoms with E-state index in [1.165, 1.54) is 104 Å². The fourth-order valence-corrected chi connectivity index (χ4v) is 9.82. The van der Waals surface area contributed by atoms with Gasteiger partial charge in [-0.25, -0.2) is 0 Å². The molecule has 0 atom stereocenters. The fourth-order valence-electron chi connectivity index (χ4n) is 9.36. The van der Waals surface area contributed by atoms with Crippen molar-refractivity contribution in [1.29, 1.82) is 0 Å². The van der Waals surface area contributed by atoms with Crippen molar-refractivity contribution < 1.29 is 0 Å². The van der Waals surface area contributed by atoms with Gasteiger partial charge < -0.3 is 0 Å². The van der Waals surface area contributed by atoms with E-state index in [-0.39, 0.29) is 10.8 Å². The van der Waals surface area contributed by atoms with Crippen LogP contribution in [-0.4, -0.2) is 0 Å². The summed E-state index contributed by atoms with van der Waals surface area (Å²) in [4.78, 5) is 0. The first-order valence-electron chi connectivity index (χ1n) is 17.0. The van der Waals surface area contributed by atoms with E-state index in [0.717, 1.165) is 4.47 Å². The predicted octanol–water partition coefficient (Wildman–Crippen LogP) is 13.6. The first kappa shape index (κ1) is 28.3. The lowest BCUT2D eigenvalue weighted by Gasteiger charge is -2.44. The quantitative estimate of drug-likeness (QED) is 0.171. The Hall–Kier alpha value is -4.72. The van der Waals surface area contributed by atoms with Crippen molar-refractivity contribution >= 4 is 59.0 Å². The summed E-state index contributed by atoms with van der Waals surface area (Å²) < 4.78 is 1.13. The second kappa shape index (κ2) is 9.46. The SMILES string of the molecule is Cc1cc2c3c4c(cc(-c5cccc6ccccc56)c3c1)C(C)(C)c1cc(Br)cc3c(-c5cccc6ccccc56)cc(c-4c13)C2(C)C. The summed E-state index contributed by atoms with van der Waals surface area (Å²) in [6.07, 6.45) is 0. The van der Waals surface area contributed by atoms with Crippen LogP contribution in [0.2, 0.25) is 0 Å². The molecule has 0 spiro atoms. The van der Waals surface area contributed by atoms with Gasteiger partial charge in [0, 0.05) is 15.3 Å². The maximum atomic E-state index is 4.00. The van der Waals surface area contributed by atoms with Gasteiger partial charge >= 0.3 is 0 Å². The van der Waals surface area contributed by atoms with Crippen LogP contribution in [0.5, 0.6) is 0 Å². The number of hydrogen-bond acceptors (Lipinski definition) is 0. The Morgan fingerprint density at radius 1 is 0.417 bits per heavy atom. The van der Waals surface area contributed by atoms with Crippen LogP contribution in [0.4, 0.5) is 0 Å². The van der Waals surface area contributed by atoms with Gasteiger partial charge in [-0.3, -0.25) is 0 Å².